The molecule has 5 nitrogen and oxygen atoms in total. The Balaban J connectivity index is 1.73. The number of carbonyl (C=O) groups excluding carboxylic acids is 2. The summed E-state index contributed by atoms with van der Waals surface area (Å²) in [5, 5.41) is 3.12. The van der Waals surface area contributed by atoms with Crippen LogP contribution in [0.2, 0.25) is 0 Å². The second kappa shape index (κ2) is 6.93. The standard InChI is InChI=1S/C15H21N3O2/c16-14(19)10-12-6-8-18(9-7-12)15(20)11-17-13-4-2-1-3-5-13/h1-5,12,17H,6-11H2,(H2,16,19). The summed E-state index contributed by atoms with van der Waals surface area (Å²) < 4.78 is 0. The smallest absolute Gasteiger partial charge is 0.241 e. The van der Waals surface area contributed by atoms with Gasteiger partial charge in [-0.25, -0.2) is 0 Å². The quantitative estimate of drug-likeness (QED) is 0.848. The topological polar surface area (TPSA) is 75.4 Å². The first kappa shape index (κ1) is 14.4. The van der Waals surface area contributed by atoms with Crippen LogP contribution in [0.25, 0.3) is 0 Å². The van der Waals surface area contributed by atoms with Crippen LogP contribution in [-0.2, 0) is 9.59 Å². The van der Waals surface area contributed by atoms with Gasteiger partial charge in [-0.1, -0.05) is 18.2 Å². The average molecular weight is 275 g/mol. The normalized spacial score (nSPS) is 15.9. The van der Waals surface area contributed by atoms with E-state index in [9.17, 15) is 9.59 Å². The second-order valence-electron chi connectivity index (χ2n) is 5.21. The first-order chi connectivity index (χ1) is 9.65. The van der Waals surface area contributed by atoms with E-state index in [1.807, 2.05) is 35.2 Å². The maximum atomic E-state index is 12.1. The van der Waals surface area contributed by atoms with Crippen molar-refractivity contribution >= 4 is 17.5 Å². The molecular weight excluding hydrogens is 254 g/mol. The predicted molar refractivity (Wildman–Crippen MR) is 78.0 cm³/mol. The largest absolute Gasteiger partial charge is 0.376 e. The molecule has 1 aliphatic heterocycles. The summed E-state index contributed by atoms with van der Waals surface area (Å²) in [6, 6.07) is 9.68. The molecule has 20 heavy (non-hydrogen) atoms. The molecule has 0 saturated carbocycles. The van der Waals surface area contributed by atoms with Crippen molar-refractivity contribution < 1.29 is 9.59 Å². The number of anilines is 1. The minimum Gasteiger partial charge on any atom is -0.376 e. The van der Waals surface area contributed by atoms with Crippen LogP contribution in [0, 0.1) is 5.92 Å². The molecule has 2 rings (SSSR count). The number of rotatable bonds is 5. The number of nitrogens with one attached hydrogen (secondary N) is 1. The fourth-order valence-corrected chi connectivity index (χ4v) is 2.52. The van der Waals surface area contributed by atoms with Gasteiger partial charge in [0.05, 0.1) is 6.54 Å². The summed E-state index contributed by atoms with van der Waals surface area (Å²) in [6.45, 7) is 1.74. The van der Waals surface area contributed by atoms with Crippen LogP contribution < -0.4 is 11.1 Å². The van der Waals surface area contributed by atoms with Crippen molar-refractivity contribution in [1.29, 1.82) is 0 Å². The number of para-hydroxylation sites is 1. The van der Waals surface area contributed by atoms with E-state index in [0.717, 1.165) is 18.5 Å². The fraction of sp³-hybridized carbons (Fsp3) is 0.467. The van der Waals surface area contributed by atoms with E-state index >= 15 is 0 Å². The van der Waals surface area contributed by atoms with E-state index in [-0.39, 0.29) is 11.8 Å². The third kappa shape index (κ3) is 4.26. The molecule has 0 aliphatic carbocycles. The molecule has 1 aromatic rings. The number of hydrogen-bond acceptors (Lipinski definition) is 3. The zero-order valence-corrected chi connectivity index (χ0v) is 11.5. The molecule has 3 N–H and O–H groups in total. The molecule has 1 saturated heterocycles. The van der Waals surface area contributed by atoms with E-state index in [1.165, 1.54) is 0 Å². The molecule has 2 amide bonds. The van der Waals surface area contributed by atoms with Crippen LogP contribution >= 0.6 is 0 Å². The highest BCUT2D eigenvalue weighted by molar-refractivity contribution is 5.81. The summed E-state index contributed by atoms with van der Waals surface area (Å²) >= 11 is 0. The van der Waals surface area contributed by atoms with Crippen LogP contribution in [0.15, 0.2) is 30.3 Å². The third-order valence-corrected chi connectivity index (χ3v) is 3.67. The van der Waals surface area contributed by atoms with E-state index in [2.05, 4.69) is 5.32 Å². The van der Waals surface area contributed by atoms with Crippen molar-refractivity contribution in [2.24, 2.45) is 11.7 Å². The lowest BCUT2D eigenvalue weighted by atomic mass is 9.93. The Hall–Kier alpha value is -2.04. The van der Waals surface area contributed by atoms with Crippen LogP contribution in [-0.4, -0.2) is 36.3 Å². The van der Waals surface area contributed by atoms with Crippen molar-refractivity contribution in [1.82, 2.24) is 4.90 Å². The predicted octanol–water partition coefficient (Wildman–Crippen LogP) is 1.21. The lowest BCUT2D eigenvalue weighted by Crippen LogP contribution is -2.41. The Kier molecular flexibility index (Phi) is 4.98. The number of carbonyl (C=O) groups is 2. The van der Waals surface area contributed by atoms with Gasteiger partial charge in [0.2, 0.25) is 11.8 Å². The molecule has 0 aromatic heterocycles. The molecule has 1 fully saturated rings. The van der Waals surface area contributed by atoms with Crippen molar-refractivity contribution in [3.05, 3.63) is 30.3 Å². The van der Waals surface area contributed by atoms with Crippen LogP contribution in [0.5, 0.6) is 0 Å². The zero-order valence-electron chi connectivity index (χ0n) is 11.5. The zero-order chi connectivity index (χ0) is 14.4. The highest BCUT2D eigenvalue weighted by atomic mass is 16.2. The highest BCUT2D eigenvalue weighted by Gasteiger charge is 2.23. The van der Waals surface area contributed by atoms with Crippen molar-refractivity contribution in [2.75, 3.05) is 25.0 Å². The van der Waals surface area contributed by atoms with Crippen LogP contribution in [0.3, 0.4) is 0 Å². The number of nitrogens with zero attached hydrogens (tertiary/aromatic N) is 1. The minimum atomic E-state index is -0.250. The Morgan fingerprint density at radius 2 is 1.85 bits per heavy atom. The number of likely N-dealkylation sites (tertiary alicyclic amines) is 1. The van der Waals surface area contributed by atoms with Gasteiger partial charge in [0.1, 0.15) is 0 Å². The Labute approximate surface area is 119 Å². The molecule has 0 radical (unpaired) electrons. The first-order valence-corrected chi connectivity index (χ1v) is 7.00. The van der Waals surface area contributed by atoms with Gasteiger partial charge in [0.15, 0.2) is 0 Å². The molecule has 0 atom stereocenters. The first-order valence-electron chi connectivity index (χ1n) is 7.00. The second-order valence-corrected chi connectivity index (χ2v) is 5.21. The Bertz CT molecular complexity index is 453. The number of hydrogen-bond donors (Lipinski definition) is 2. The lowest BCUT2D eigenvalue weighted by Gasteiger charge is -2.31. The summed E-state index contributed by atoms with van der Waals surface area (Å²) in [5.41, 5.74) is 6.15. The van der Waals surface area contributed by atoms with Gasteiger partial charge in [0.25, 0.3) is 0 Å². The van der Waals surface area contributed by atoms with Gasteiger partial charge in [0, 0.05) is 25.2 Å². The van der Waals surface area contributed by atoms with Gasteiger partial charge >= 0.3 is 0 Å². The number of amides is 2. The molecule has 0 unspecified atom stereocenters. The number of primary amides is 1. The highest BCUT2D eigenvalue weighted by Crippen LogP contribution is 2.20. The summed E-state index contributed by atoms with van der Waals surface area (Å²) in [5.74, 6) is 0.186. The molecule has 5 heteroatoms. The van der Waals surface area contributed by atoms with Crippen molar-refractivity contribution in [3.63, 3.8) is 0 Å². The Morgan fingerprint density at radius 3 is 2.45 bits per heavy atom. The number of nitrogens with two attached hydrogens (primary N) is 1. The number of piperidine rings is 1. The number of benzene rings is 1. The molecule has 1 aromatic carbocycles. The van der Waals surface area contributed by atoms with Gasteiger partial charge in [-0.2, -0.15) is 0 Å². The molecule has 1 aliphatic rings. The molecule has 1 heterocycles. The average Bonchev–Trinajstić information content (AvgIpc) is 2.46. The summed E-state index contributed by atoms with van der Waals surface area (Å²) in [7, 11) is 0. The van der Waals surface area contributed by atoms with E-state index < -0.39 is 0 Å². The van der Waals surface area contributed by atoms with Gasteiger partial charge in [-0.05, 0) is 30.9 Å². The van der Waals surface area contributed by atoms with Crippen molar-refractivity contribution in [3.8, 4) is 0 Å². The van der Waals surface area contributed by atoms with Gasteiger partial charge < -0.3 is 16.0 Å². The summed E-state index contributed by atoms with van der Waals surface area (Å²) in [6.07, 6.45) is 2.16. The van der Waals surface area contributed by atoms with Crippen LogP contribution in [0.4, 0.5) is 5.69 Å². The minimum absolute atomic E-state index is 0.103. The van der Waals surface area contributed by atoms with Gasteiger partial charge in [-0.15, -0.1) is 0 Å². The van der Waals surface area contributed by atoms with E-state index in [0.29, 0.717) is 32.0 Å². The fourth-order valence-electron chi connectivity index (χ4n) is 2.52. The molecule has 0 bridgehead atoms. The Morgan fingerprint density at radius 1 is 1.20 bits per heavy atom. The molecule has 0 spiro atoms. The summed E-state index contributed by atoms with van der Waals surface area (Å²) in [4.78, 5) is 24.8. The molecule has 108 valence electrons. The van der Waals surface area contributed by atoms with E-state index in [4.69, 9.17) is 5.73 Å². The van der Waals surface area contributed by atoms with Crippen LogP contribution in [0.1, 0.15) is 19.3 Å². The maximum absolute atomic E-state index is 12.1. The monoisotopic (exact) mass is 275 g/mol. The lowest BCUT2D eigenvalue weighted by molar-refractivity contribution is -0.130. The van der Waals surface area contributed by atoms with E-state index in [1.54, 1.807) is 0 Å². The third-order valence-electron chi connectivity index (χ3n) is 3.67. The maximum Gasteiger partial charge on any atom is 0.241 e. The SMILES string of the molecule is NC(=O)CC1CCN(C(=O)CNc2ccccc2)CC1. The van der Waals surface area contributed by atoms with Gasteiger partial charge in [-0.3, -0.25) is 9.59 Å². The molecular formula is C15H21N3O2. The van der Waals surface area contributed by atoms with Crippen molar-refractivity contribution in [2.45, 2.75) is 19.3 Å².